The zero-order valence-corrected chi connectivity index (χ0v) is 14.2. The van der Waals surface area contributed by atoms with E-state index in [0.29, 0.717) is 10.6 Å². The van der Waals surface area contributed by atoms with E-state index in [-0.39, 0.29) is 11.2 Å². The van der Waals surface area contributed by atoms with Gasteiger partial charge in [-0.2, -0.15) is 0 Å². The first-order chi connectivity index (χ1) is 9.53. The molecule has 1 fully saturated rings. The standard InChI is InChI=1S/C15H21BrO3S/c1-19-13-7-3-4-8-14(13)20(17,18)12-15(11-16)9-5-2-6-10-15/h3-4,7-8H,2,5-6,9-12H2,1H3. The zero-order chi connectivity index (χ0) is 14.6. The monoisotopic (exact) mass is 360 g/mol. The summed E-state index contributed by atoms with van der Waals surface area (Å²) in [5.41, 5.74) is -0.127. The summed E-state index contributed by atoms with van der Waals surface area (Å²) < 4.78 is 30.7. The molecule has 1 aromatic carbocycles. The molecule has 0 unspecified atom stereocenters. The molecule has 0 aromatic heterocycles. The van der Waals surface area contributed by atoms with Crippen LogP contribution >= 0.6 is 15.9 Å². The number of hydrogen-bond acceptors (Lipinski definition) is 3. The van der Waals surface area contributed by atoms with E-state index >= 15 is 0 Å². The fourth-order valence-electron chi connectivity index (χ4n) is 2.97. The van der Waals surface area contributed by atoms with Crippen LogP contribution in [0, 0.1) is 5.41 Å². The maximum absolute atomic E-state index is 12.7. The van der Waals surface area contributed by atoms with Crippen molar-refractivity contribution in [3.05, 3.63) is 24.3 Å². The number of hydrogen-bond donors (Lipinski definition) is 0. The largest absolute Gasteiger partial charge is 0.495 e. The lowest BCUT2D eigenvalue weighted by molar-refractivity contribution is 0.255. The van der Waals surface area contributed by atoms with Crippen LogP contribution in [0.25, 0.3) is 0 Å². The summed E-state index contributed by atoms with van der Waals surface area (Å²) in [7, 11) is -1.82. The highest BCUT2D eigenvalue weighted by atomic mass is 79.9. The number of ether oxygens (including phenoxy) is 1. The summed E-state index contributed by atoms with van der Waals surface area (Å²) in [6, 6.07) is 6.88. The fourth-order valence-corrected chi connectivity index (χ4v) is 6.09. The van der Waals surface area contributed by atoms with Gasteiger partial charge in [-0.25, -0.2) is 8.42 Å². The van der Waals surface area contributed by atoms with Gasteiger partial charge in [0.15, 0.2) is 9.84 Å². The van der Waals surface area contributed by atoms with Gasteiger partial charge in [0.1, 0.15) is 10.6 Å². The van der Waals surface area contributed by atoms with Gasteiger partial charge in [-0.05, 0) is 30.4 Å². The summed E-state index contributed by atoms with van der Waals surface area (Å²) in [6.45, 7) is 0. The molecule has 0 amide bonds. The van der Waals surface area contributed by atoms with E-state index in [9.17, 15) is 8.42 Å². The summed E-state index contributed by atoms with van der Waals surface area (Å²) in [5.74, 6) is 0.638. The summed E-state index contributed by atoms with van der Waals surface area (Å²) in [6.07, 6.45) is 5.41. The minimum atomic E-state index is -3.33. The van der Waals surface area contributed by atoms with Crippen molar-refractivity contribution in [2.75, 3.05) is 18.2 Å². The van der Waals surface area contributed by atoms with E-state index < -0.39 is 9.84 Å². The number of rotatable bonds is 5. The third-order valence-electron chi connectivity index (χ3n) is 4.10. The highest BCUT2D eigenvalue weighted by Gasteiger charge is 2.37. The molecule has 0 bridgehead atoms. The Balaban J connectivity index is 2.30. The first-order valence-corrected chi connectivity index (χ1v) is 9.72. The SMILES string of the molecule is COc1ccccc1S(=O)(=O)CC1(CBr)CCCCC1. The lowest BCUT2D eigenvalue weighted by Gasteiger charge is -2.35. The van der Waals surface area contributed by atoms with Crippen molar-refractivity contribution in [2.45, 2.75) is 37.0 Å². The Morgan fingerprint density at radius 3 is 2.45 bits per heavy atom. The van der Waals surface area contributed by atoms with Crippen molar-refractivity contribution in [1.29, 1.82) is 0 Å². The Morgan fingerprint density at radius 2 is 1.85 bits per heavy atom. The van der Waals surface area contributed by atoms with Crippen molar-refractivity contribution in [3.63, 3.8) is 0 Å². The van der Waals surface area contributed by atoms with Crippen molar-refractivity contribution in [3.8, 4) is 5.75 Å². The Kier molecular flexibility index (Phi) is 5.13. The molecule has 112 valence electrons. The predicted molar refractivity (Wildman–Crippen MR) is 84.4 cm³/mol. The number of halogens is 1. The molecule has 1 aliphatic rings. The van der Waals surface area contributed by atoms with Crippen molar-refractivity contribution in [1.82, 2.24) is 0 Å². The third kappa shape index (κ3) is 3.37. The number of methoxy groups -OCH3 is 1. The smallest absolute Gasteiger partial charge is 0.182 e. The molecule has 3 nitrogen and oxygen atoms in total. The van der Waals surface area contributed by atoms with Gasteiger partial charge in [0.25, 0.3) is 0 Å². The van der Waals surface area contributed by atoms with Crippen LogP contribution in [0.1, 0.15) is 32.1 Å². The normalized spacial score (nSPS) is 18.7. The van der Waals surface area contributed by atoms with Crippen LogP contribution in [0.3, 0.4) is 0 Å². The highest BCUT2D eigenvalue weighted by Crippen LogP contribution is 2.41. The lowest BCUT2D eigenvalue weighted by Crippen LogP contribution is -2.34. The lowest BCUT2D eigenvalue weighted by atomic mass is 9.77. The predicted octanol–water partition coefficient (Wildman–Crippen LogP) is 3.81. The van der Waals surface area contributed by atoms with Crippen LogP contribution in [0.2, 0.25) is 0 Å². The Labute approximate surface area is 129 Å². The van der Waals surface area contributed by atoms with Crippen LogP contribution < -0.4 is 4.74 Å². The Bertz CT molecular complexity index is 548. The molecule has 0 aliphatic heterocycles. The second kappa shape index (κ2) is 6.48. The molecule has 0 saturated heterocycles. The van der Waals surface area contributed by atoms with Crippen LogP contribution in [0.4, 0.5) is 0 Å². The van der Waals surface area contributed by atoms with Crippen LogP contribution in [0.15, 0.2) is 29.2 Å². The van der Waals surface area contributed by atoms with Gasteiger partial charge in [-0.15, -0.1) is 0 Å². The van der Waals surface area contributed by atoms with Gasteiger partial charge in [0.05, 0.1) is 12.9 Å². The van der Waals surface area contributed by atoms with Crippen molar-refractivity contribution in [2.24, 2.45) is 5.41 Å². The zero-order valence-electron chi connectivity index (χ0n) is 11.8. The number of alkyl halides is 1. The van der Waals surface area contributed by atoms with Crippen molar-refractivity contribution >= 4 is 25.8 Å². The average molecular weight is 361 g/mol. The number of para-hydroxylation sites is 1. The molecule has 0 N–H and O–H groups in total. The van der Waals surface area contributed by atoms with E-state index in [0.717, 1.165) is 31.0 Å². The molecule has 0 atom stereocenters. The minimum absolute atomic E-state index is 0.127. The molecular formula is C15H21BrO3S. The molecule has 0 heterocycles. The molecule has 20 heavy (non-hydrogen) atoms. The quantitative estimate of drug-likeness (QED) is 0.749. The molecule has 0 radical (unpaired) electrons. The molecule has 1 aromatic rings. The third-order valence-corrected chi connectivity index (χ3v) is 7.29. The second-order valence-electron chi connectivity index (χ2n) is 5.60. The van der Waals surface area contributed by atoms with Crippen LogP contribution in [-0.2, 0) is 9.84 Å². The van der Waals surface area contributed by atoms with E-state index in [1.807, 2.05) is 0 Å². The van der Waals surface area contributed by atoms with Gasteiger partial charge < -0.3 is 4.74 Å². The van der Waals surface area contributed by atoms with Crippen molar-refractivity contribution < 1.29 is 13.2 Å². The highest BCUT2D eigenvalue weighted by molar-refractivity contribution is 9.09. The average Bonchev–Trinajstić information content (AvgIpc) is 2.47. The molecular weight excluding hydrogens is 340 g/mol. The van der Waals surface area contributed by atoms with E-state index in [4.69, 9.17) is 4.74 Å². The van der Waals surface area contributed by atoms with Gasteiger partial charge in [-0.3, -0.25) is 0 Å². The maximum atomic E-state index is 12.7. The Hall–Kier alpha value is -0.550. The van der Waals surface area contributed by atoms with Gasteiger partial charge in [0, 0.05) is 5.33 Å². The molecule has 2 rings (SSSR count). The van der Waals surface area contributed by atoms with Gasteiger partial charge in [0.2, 0.25) is 0 Å². The summed E-state index contributed by atoms with van der Waals surface area (Å²) in [5, 5.41) is 0.744. The number of sulfone groups is 1. The summed E-state index contributed by atoms with van der Waals surface area (Å²) >= 11 is 3.53. The fraction of sp³-hybridized carbons (Fsp3) is 0.600. The molecule has 0 spiro atoms. The van der Waals surface area contributed by atoms with Crippen LogP contribution in [0.5, 0.6) is 5.75 Å². The van der Waals surface area contributed by atoms with E-state index in [1.54, 1.807) is 24.3 Å². The second-order valence-corrected chi connectivity index (χ2v) is 8.12. The van der Waals surface area contributed by atoms with E-state index in [1.165, 1.54) is 13.5 Å². The maximum Gasteiger partial charge on any atom is 0.182 e. The molecule has 5 heteroatoms. The van der Waals surface area contributed by atoms with Gasteiger partial charge >= 0.3 is 0 Å². The first kappa shape index (κ1) is 15.8. The first-order valence-electron chi connectivity index (χ1n) is 6.95. The van der Waals surface area contributed by atoms with E-state index in [2.05, 4.69) is 15.9 Å². The Morgan fingerprint density at radius 1 is 1.20 bits per heavy atom. The molecule has 1 saturated carbocycles. The van der Waals surface area contributed by atoms with Gasteiger partial charge in [-0.1, -0.05) is 47.3 Å². The number of benzene rings is 1. The topological polar surface area (TPSA) is 43.4 Å². The minimum Gasteiger partial charge on any atom is -0.495 e. The molecule has 1 aliphatic carbocycles. The van der Waals surface area contributed by atoms with Crippen LogP contribution in [-0.4, -0.2) is 26.6 Å². The summed E-state index contributed by atoms with van der Waals surface area (Å²) in [4.78, 5) is 0.313.